The van der Waals surface area contributed by atoms with Gasteiger partial charge in [-0.05, 0) is 43.4 Å². The first-order valence-corrected chi connectivity index (χ1v) is 9.45. The van der Waals surface area contributed by atoms with Crippen LogP contribution in [0.1, 0.15) is 34.9 Å². The Balaban J connectivity index is 1.64. The summed E-state index contributed by atoms with van der Waals surface area (Å²) in [5.74, 6) is 0.583. The number of thiophene rings is 1. The summed E-state index contributed by atoms with van der Waals surface area (Å²) in [5, 5.41) is 13.2. The summed E-state index contributed by atoms with van der Waals surface area (Å²) in [6.45, 7) is 3.27. The normalized spacial score (nSPS) is 16.3. The van der Waals surface area contributed by atoms with E-state index in [1.54, 1.807) is 11.3 Å². The second-order valence-corrected chi connectivity index (χ2v) is 7.98. The number of hydrogen-bond acceptors (Lipinski definition) is 4. The molecule has 2 aromatic rings. The summed E-state index contributed by atoms with van der Waals surface area (Å²) in [6, 6.07) is 12.4. The largest absolute Gasteiger partial charge is 0.315 e. The lowest BCUT2D eigenvalue weighted by Crippen LogP contribution is -2.29. The molecule has 0 bridgehead atoms. The second kappa shape index (κ2) is 7.81. The number of nitriles is 1. The minimum atomic E-state index is -0.0680. The predicted octanol–water partition coefficient (Wildman–Crippen LogP) is 3.82. The lowest BCUT2D eigenvalue weighted by atomic mass is 9.89. The number of nitrogens with zero attached hydrogens (tertiary/aromatic N) is 2. The molecule has 0 radical (unpaired) electrons. The number of anilines is 1. The highest BCUT2D eigenvalue weighted by Gasteiger charge is 2.24. The maximum absolute atomic E-state index is 12.4. The summed E-state index contributed by atoms with van der Waals surface area (Å²) in [5.41, 5.74) is 3.00. The number of benzene rings is 1. The Morgan fingerprint density at radius 3 is 2.88 bits per heavy atom. The number of fused-ring (bicyclic) bond motifs is 1. The lowest BCUT2D eigenvalue weighted by Gasteiger charge is -2.17. The molecule has 0 saturated heterocycles. The zero-order valence-electron chi connectivity index (χ0n) is 14.7. The maximum Gasteiger partial charge on any atom is 0.239 e. The van der Waals surface area contributed by atoms with Gasteiger partial charge in [-0.3, -0.25) is 9.69 Å². The second-order valence-electron chi connectivity index (χ2n) is 6.87. The van der Waals surface area contributed by atoms with Gasteiger partial charge in [0.05, 0.1) is 12.1 Å². The fourth-order valence-corrected chi connectivity index (χ4v) is 4.70. The Hall–Kier alpha value is -2.16. The van der Waals surface area contributed by atoms with Crippen LogP contribution in [0.4, 0.5) is 5.00 Å². The van der Waals surface area contributed by atoms with Gasteiger partial charge in [-0.2, -0.15) is 5.26 Å². The van der Waals surface area contributed by atoms with Crippen molar-refractivity contribution in [3.63, 3.8) is 0 Å². The number of amides is 1. The molecular formula is C20H23N3OS. The maximum atomic E-state index is 12.4. The molecule has 4 nitrogen and oxygen atoms in total. The van der Waals surface area contributed by atoms with Crippen molar-refractivity contribution in [2.45, 2.75) is 32.7 Å². The van der Waals surface area contributed by atoms with Gasteiger partial charge in [0.2, 0.25) is 5.91 Å². The van der Waals surface area contributed by atoms with E-state index in [-0.39, 0.29) is 5.91 Å². The number of hydrogen-bond donors (Lipinski definition) is 1. The topological polar surface area (TPSA) is 56.1 Å². The number of carbonyl (C=O) groups excluding carboxylic acids is 1. The fraction of sp³-hybridized carbons (Fsp3) is 0.400. The summed E-state index contributed by atoms with van der Waals surface area (Å²) >= 11 is 1.58. The van der Waals surface area contributed by atoms with Gasteiger partial charge in [0, 0.05) is 11.4 Å². The number of carbonyl (C=O) groups is 1. The standard InChI is InChI=1S/C20H23N3OS/c1-14-8-9-16-17(11-21)20(25-18(16)10-14)22-19(24)13-23(2)12-15-6-4-3-5-7-15/h3-7,14H,8-10,12-13H2,1-2H3,(H,22,24)/t14-/m0/s1. The molecule has 0 unspecified atom stereocenters. The molecule has 1 amide bonds. The van der Waals surface area contributed by atoms with Gasteiger partial charge in [0.15, 0.2) is 0 Å². The molecule has 5 heteroatoms. The first kappa shape index (κ1) is 17.7. The van der Waals surface area contributed by atoms with E-state index < -0.39 is 0 Å². The van der Waals surface area contributed by atoms with Crippen molar-refractivity contribution in [2.24, 2.45) is 5.92 Å². The molecule has 3 rings (SSSR count). The van der Waals surface area contributed by atoms with E-state index in [1.807, 2.05) is 30.1 Å². The molecule has 1 aliphatic carbocycles. The Kier molecular flexibility index (Phi) is 5.52. The molecule has 0 spiro atoms. The summed E-state index contributed by atoms with van der Waals surface area (Å²) < 4.78 is 0. The van der Waals surface area contributed by atoms with E-state index in [9.17, 15) is 10.1 Å². The summed E-state index contributed by atoms with van der Waals surface area (Å²) in [7, 11) is 1.93. The van der Waals surface area contributed by atoms with Crippen LogP contribution in [0.5, 0.6) is 0 Å². The smallest absolute Gasteiger partial charge is 0.239 e. The van der Waals surface area contributed by atoms with Crippen LogP contribution in [-0.2, 0) is 24.2 Å². The molecule has 1 atom stereocenters. The zero-order valence-corrected chi connectivity index (χ0v) is 15.5. The molecule has 25 heavy (non-hydrogen) atoms. The van der Waals surface area contributed by atoms with Gasteiger partial charge in [-0.15, -0.1) is 11.3 Å². The highest BCUT2D eigenvalue weighted by atomic mass is 32.1. The highest BCUT2D eigenvalue weighted by molar-refractivity contribution is 7.16. The van der Waals surface area contributed by atoms with E-state index >= 15 is 0 Å². The first-order valence-electron chi connectivity index (χ1n) is 8.63. The molecule has 1 N–H and O–H groups in total. The van der Waals surface area contributed by atoms with Gasteiger partial charge < -0.3 is 5.32 Å². The van der Waals surface area contributed by atoms with Crippen molar-refractivity contribution >= 4 is 22.2 Å². The Labute approximate surface area is 153 Å². The van der Waals surface area contributed by atoms with Crippen LogP contribution in [0.25, 0.3) is 0 Å². The third kappa shape index (κ3) is 4.28. The van der Waals surface area contributed by atoms with Gasteiger partial charge in [-0.25, -0.2) is 0 Å². The van der Waals surface area contributed by atoms with Gasteiger partial charge in [0.25, 0.3) is 0 Å². The van der Waals surface area contributed by atoms with E-state index in [4.69, 9.17) is 0 Å². The van der Waals surface area contributed by atoms with Crippen LogP contribution in [0, 0.1) is 17.2 Å². The minimum Gasteiger partial charge on any atom is -0.315 e. The number of likely N-dealkylation sites (N-methyl/N-ethyl adjacent to an activating group) is 1. The Bertz CT molecular complexity index is 791. The lowest BCUT2D eigenvalue weighted by molar-refractivity contribution is -0.117. The zero-order chi connectivity index (χ0) is 17.8. The quantitative estimate of drug-likeness (QED) is 0.889. The number of rotatable bonds is 5. The van der Waals surface area contributed by atoms with Crippen LogP contribution in [0.3, 0.4) is 0 Å². The van der Waals surface area contributed by atoms with Crippen LogP contribution in [-0.4, -0.2) is 24.4 Å². The van der Waals surface area contributed by atoms with Gasteiger partial charge in [0.1, 0.15) is 11.1 Å². The van der Waals surface area contributed by atoms with E-state index in [0.717, 1.165) is 36.4 Å². The molecule has 1 aliphatic rings. The molecule has 0 fully saturated rings. The van der Waals surface area contributed by atoms with Crippen molar-refractivity contribution in [1.29, 1.82) is 5.26 Å². The third-order valence-corrected chi connectivity index (χ3v) is 5.76. The number of nitrogens with one attached hydrogen (secondary N) is 1. The van der Waals surface area contributed by atoms with Crippen LogP contribution >= 0.6 is 11.3 Å². The van der Waals surface area contributed by atoms with E-state index in [1.165, 1.54) is 10.4 Å². The van der Waals surface area contributed by atoms with Crippen LogP contribution in [0.2, 0.25) is 0 Å². The molecule has 1 aromatic heterocycles. The van der Waals surface area contributed by atoms with E-state index in [0.29, 0.717) is 18.0 Å². The first-order chi connectivity index (χ1) is 12.1. The molecule has 1 heterocycles. The average molecular weight is 353 g/mol. The van der Waals surface area contributed by atoms with Crippen molar-refractivity contribution in [3.05, 3.63) is 51.9 Å². The minimum absolute atomic E-state index is 0.0680. The Morgan fingerprint density at radius 1 is 1.40 bits per heavy atom. The van der Waals surface area contributed by atoms with Crippen LogP contribution < -0.4 is 5.32 Å². The highest BCUT2D eigenvalue weighted by Crippen LogP contribution is 2.39. The van der Waals surface area contributed by atoms with Crippen molar-refractivity contribution < 1.29 is 4.79 Å². The average Bonchev–Trinajstić information content (AvgIpc) is 2.91. The van der Waals surface area contributed by atoms with Crippen molar-refractivity contribution in [3.8, 4) is 6.07 Å². The molecule has 0 saturated carbocycles. The molecule has 1 aromatic carbocycles. The van der Waals surface area contributed by atoms with Crippen molar-refractivity contribution in [1.82, 2.24) is 4.90 Å². The predicted molar refractivity (Wildman–Crippen MR) is 102 cm³/mol. The summed E-state index contributed by atoms with van der Waals surface area (Å²) in [4.78, 5) is 15.6. The summed E-state index contributed by atoms with van der Waals surface area (Å²) in [6.07, 6.45) is 3.07. The molecular weight excluding hydrogens is 330 g/mol. The molecule has 130 valence electrons. The Morgan fingerprint density at radius 2 is 2.16 bits per heavy atom. The van der Waals surface area contributed by atoms with Gasteiger partial charge >= 0.3 is 0 Å². The monoisotopic (exact) mass is 353 g/mol. The molecule has 0 aliphatic heterocycles. The van der Waals surface area contributed by atoms with E-state index in [2.05, 4.69) is 30.4 Å². The van der Waals surface area contributed by atoms with Gasteiger partial charge in [-0.1, -0.05) is 37.3 Å². The fourth-order valence-electron chi connectivity index (χ4n) is 3.32. The van der Waals surface area contributed by atoms with Crippen LogP contribution in [0.15, 0.2) is 30.3 Å². The van der Waals surface area contributed by atoms with Crippen molar-refractivity contribution in [2.75, 3.05) is 18.9 Å². The third-order valence-electron chi connectivity index (χ3n) is 4.59. The SMILES string of the molecule is C[C@H]1CCc2c(sc(NC(=O)CN(C)Cc3ccccc3)c2C#N)C1.